The molecule has 0 bridgehead atoms. The number of benzene rings is 1. The summed E-state index contributed by atoms with van der Waals surface area (Å²) < 4.78 is 5.45. The molecule has 0 fully saturated rings. The Labute approximate surface area is 118 Å². The highest BCUT2D eigenvalue weighted by atomic mass is 16.5. The van der Waals surface area contributed by atoms with Gasteiger partial charge < -0.3 is 4.74 Å². The molecule has 20 heavy (non-hydrogen) atoms. The van der Waals surface area contributed by atoms with Crippen molar-refractivity contribution in [3.05, 3.63) is 35.4 Å². The zero-order valence-electron chi connectivity index (χ0n) is 12.0. The molecule has 0 saturated carbocycles. The second kappa shape index (κ2) is 5.57. The largest absolute Gasteiger partial charge is 0.496 e. The molecule has 5 nitrogen and oxygen atoms in total. The van der Waals surface area contributed by atoms with Crippen LogP contribution in [0, 0.1) is 25.3 Å². The van der Waals surface area contributed by atoms with Crippen molar-refractivity contribution >= 4 is 5.82 Å². The maximum Gasteiger partial charge on any atom is 0.185 e. The number of anilines is 1. The van der Waals surface area contributed by atoms with Crippen molar-refractivity contribution in [2.45, 2.75) is 13.8 Å². The van der Waals surface area contributed by atoms with E-state index in [0.717, 1.165) is 28.1 Å². The first-order chi connectivity index (χ1) is 9.56. The smallest absolute Gasteiger partial charge is 0.185 e. The average molecular weight is 268 g/mol. The van der Waals surface area contributed by atoms with E-state index < -0.39 is 0 Å². The minimum Gasteiger partial charge on any atom is -0.496 e. The maximum atomic E-state index is 8.82. The summed E-state index contributed by atoms with van der Waals surface area (Å²) >= 11 is 0. The van der Waals surface area contributed by atoms with E-state index in [0.29, 0.717) is 5.82 Å². The Morgan fingerprint density at radius 1 is 1.20 bits per heavy atom. The van der Waals surface area contributed by atoms with Gasteiger partial charge in [-0.15, -0.1) is 10.2 Å². The lowest BCUT2D eigenvalue weighted by molar-refractivity contribution is 0.413. The summed E-state index contributed by atoms with van der Waals surface area (Å²) in [6.07, 6.45) is 1.99. The Morgan fingerprint density at radius 2 is 1.95 bits per heavy atom. The summed E-state index contributed by atoms with van der Waals surface area (Å²) in [6, 6.07) is 7.69. The van der Waals surface area contributed by atoms with Crippen LogP contribution in [0.2, 0.25) is 0 Å². The van der Waals surface area contributed by atoms with Gasteiger partial charge in [-0.2, -0.15) is 5.26 Å². The van der Waals surface area contributed by atoms with E-state index >= 15 is 0 Å². The third kappa shape index (κ3) is 2.54. The minimum atomic E-state index is 0.514. The highest BCUT2D eigenvalue weighted by Gasteiger charge is 2.12. The van der Waals surface area contributed by atoms with Crippen LogP contribution in [0.5, 0.6) is 5.75 Å². The lowest BCUT2D eigenvalue weighted by Gasteiger charge is -2.13. The van der Waals surface area contributed by atoms with E-state index in [1.54, 1.807) is 20.2 Å². The van der Waals surface area contributed by atoms with Crippen LogP contribution in [0.25, 0.3) is 11.3 Å². The first-order valence-electron chi connectivity index (χ1n) is 6.19. The van der Waals surface area contributed by atoms with E-state index in [-0.39, 0.29) is 0 Å². The molecule has 2 rings (SSSR count). The van der Waals surface area contributed by atoms with Gasteiger partial charge in [-0.05, 0) is 43.2 Å². The van der Waals surface area contributed by atoms with Crippen LogP contribution in [-0.2, 0) is 0 Å². The number of hydrogen-bond acceptors (Lipinski definition) is 5. The van der Waals surface area contributed by atoms with Gasteiger partial charge in [0, 0.05) is 12.6 Å². The molecule has 1 heterocycles. The zero-order chi connectivity index (χ0) is 14.7. The summed E-state index contributed by atoms with van der Waals surface area (Å²) in [7, 11) is 3.29. The normalized spacial score (nSPS) is 9.95. The molecule has 102 valence electrons. The Balaban J connectivity index is 2.49. The number of rotatable bonds is 3. The van der Waals surface area contributed by atoms with Crippen molar-refractivity contribution in [3.8, 4) is 23.2 Å². The first kappa shape index (κ1) is 13.8. The number of hydrogen-bond donors (Lipinski definition) is 0. The number of nitrogens with zero attached hydrogens (tertiary/aromatic N) is 4. The molecular formula is C15H16N4O. The summed E-state index contributed by atoms with van der Waals surface area (Å²) in [5.74, 6) is 1.31. The Morgan fingerprint density at radius 3 is 2.50 bits per heavy atom. The molecule has 0 saturated heterocycles. The highest BCUT2D eigenvalue weighted by molar-refractivity contribution is 5.70. The molecule has 0 aliphatic heterocycles. The van der Waals surface area contributed by atoms with Gasteiger partial charge in [0.05, 0.1) is 12.8 Å². The van der Waals surface area contributed by atoms with Crippen LogP contribution in [0.3, 0.4) is 0 Å². The summed E-state index contributed by atoms with van der Waals surface area (Å²) in [5, 5.41) is 17.1. The van der Waals surface area contributed by atoms with E-state index in [1.165, 1.54) is 4.90 Å². The number of methoxy groups -OCH3 is 1. The van der Waals surface area contributed by atoms with Crippen molar-refractivity contribution < 1.29 is 4.74 Å². The van der Waals surface area contributed by atoms with Gasteiger partial charge in [0.15, 0.2) is 12.0 Å². The molecule has 1 aromatic heterocycles. The predicted octanol–water partition coefficient (Wildman–Crippen LogP) is 2.69. The summed E-state index contributed by atoms with van der Waals surface area (Å²) in [5.41, 5.74) is 3.83. The number of aryl methyl sites for hydroxylation is 2. The Hall–Kier alpha value is -2.61. The second-order valence-electron chi connectivity index (χ2n) is 4.60. The molecule has 5 heteroatoms. The van der Waals surface area contributed by atoms with Crippen molar-refractivity contribution in [2.24, 2.45) is 0 Å². The molecule has 1 aromatic carbocycles. The van der Waals surface area contributed by atoms with Crippen molar-refractivity contribution in [1.29, 1.82) is 5.26 Å². The topological polar surface area (TPSA) is 62.0 Å². The molecule has 0 aliphatic carbocycles. The van der Waals surface area contributed by atoms with Crippen molar-refractivity contribution in [1.82, 2.24) is 10.2 Å². The van der Waals surface area contributed by atoms with Gasteiger partial charge in [-0.25, -0.2) is 0 Å². The molecule has 0 amide bonds. The fourth-order valence-electron chi connectivity index (χ4n) is 2.11. The van der Waals surface area contributed by atoms with Gasteiger partial charge in [-0.1, -0.05) is 6.07 Å². The second-order valence-corrected chi connectivity index (χ2v) is 4.60. The van der Waals surface area contributed by atoms with Gasteiger partial charge >= 0.3 is 0 Å². The van der Waals surface area contributed by atoms with E-state index in [2.05, 4.69) is 16.3 Å². The third-order valence-electron chi connectivity index (χ3n) is 3.04. The van der Waals surface area contributed by atoms with Crippen molar-refractivity contribution in [2.75, 3.05) is 19.1 Å². The Bertz CT molecular complexity index is 659. The van der Waals surface area contributed by atoms with Gasteiger partial charge in [0.2, 0.25) is 0 Å². The molecule has 2 aromatic rings. The van der Waals surface area contributed by atoms with Crippen molar-refractivity contribution in [3.63, 3.8) is 0 Å². The zero-order valence-corrected chi connectivity index (χ0v) is 12.0. The van der Waals surface area contributed by atoms with Crippen LogP contribution >= 0.6 is 0 Å². The van der Waals surface area contributed by atoms with E-state index in [1.807, 2.05) is 32.2 Å². The minimum absolute atomic E-state index is 0.514. The maximum absolute atomic E-state index is 8.82. The van der Waals surface area contributed by atoms with E-state index in [9.17, 15) is 0 Å². The molecule has 0 unspecified atom stereocenters. The lowest BCUT2D eigenvalue weighted by atomic mass is 10.0. The molecule has 0 spiro atoms. The standard InChI is InChI=1S/C15H16N4O/c1-10-7-11(2)15(20-4)12(8-10)13-5-6-14(18-17-13)19(3)9-16/h5-8H,1-4H3. The molecular weight excluding hydrogens is 252 g/mol. The van der Waals surface area contributed by atoms with E-state index in [4.69, 9.17) is 10.00 Å². The average Bonchev–Trinajstić information content (AvgIpc) is 2.46. The van der Waals surface area contributed by atoms with Gasteiger partial charge in [0.1, 0.15) is 5.75 Å². The fraction of sp³-hybridized carbons (Fsp3) is 0.267. The molecule has 0 aliphatic rings. The molecule has 0 radical (unpaired) electrons. The third-order valence-corrected chi connectivity index (χ3v) is 3.04. The quantitative estimate of drug-likeness (QED) is 0.632. The Kier molecular flexibility index (Phi) is 3.85. The highest BCUT2D eigenvalue weighted by Crippen LogP contribution is 2.32. The summed E-state index contributed by atoms with van der Waals surface area (Å²) in [4.78, 5) is 1.36. The monoisotopic (exact) mass is 268 g/mol. The SMILES string of the molecule is COc1c(C)cc(C)cc1-c1ccc(N(C)C#N)nn1. The van der Waals surface area contributed by atoms with Crippen LogP contribution in [0.1, 0.15) is 11.1 Å². The van der Waals surface area contributed by atoms with Crippen LogP contribution in [0.15, 0.2) is 24.3 Å². The van der Waals surface area contributed by atoms with Gasteiger partial charge in [0.25, 0.3) is 0 Å². The van der Waals surface area contributed by atoms with Crippen LogP contribution in [-0.4, -0.2) is 24.4 Å². The number of ether oxygens (including phenoxy) is 1. The molecule has 0 N–H and O–H groups in total. The van der Waals surface area contributed by atoms with Crippen LogP contribution in [0.4, 0.5) is 5.82 Å². The van der Waals surface area contributed by atoms with Gasteiger partial charge in [-0.3, -0.25) is 4.90 Å². The fourth-order valence-corrected chi connectivity index (χ4v) is 2.11. The first-order valence-corrected chi connectivity index (χ1v) is 6.19. The number of nitriles is 1. The number of aromatic nitrogens is 2. The predicted molar refractivity (Wildman–Crippen MR) is 77.5 cm³/mol. The molecule has 0 atom stereocenters. The lowest BCUT2D eigenvalue weighted by Crippen LogP contribution is -2.10. The van der Waals surface area contributed by atoms with Crippen LogP contribution < -0.4 is 9.64 Å². The summed E-state index contributed by atoms with van der Waals surface area (Å²) in [6.45, 7) is 4.03.